The Kier molecular flexibility index (Phi) is 3.11. The van der Waals surface area contributed by atoms with E-state index in [1.807, 2.05) is 0 Å². The molecule has 2 rings (SSSR count). The standard InChI is InChI=1S/C9H13N3O5/c10-5-1-2-12(9(16)11-5)8-7(15)6(14)4(3-13)17-8/h1-2,4,6-8,13-15H,3H2,(H2,10,11,16)/t4?,6?,7?,8-/m1/s1. The van der Waals surface area contributed by atoms with Gasteiger partial charge in [-0.05, 0) is 6.07 Å². The lowest BCUT2D eigenvalue weighted by molar-refractivity contribution is -0.0549. The maximum atomic E-state index is 11.5. The van der Waals surface area contributed by atoms with Crippen LogP contribution in [0.1, 0.15) is 6.23 Å². The minimum absolute atomic E-state index is 0.0537. The van der Waals surface area contributed by atoms with Gasteiger partial charge in [0.2, 0.25) is 0 Å². The summed E-state index contributed by atoms with van der Waals surface area (Å²) in [6.45, 7) is -0.453. The average Bonchev–Trinajstić information content (AvgIpc) is 2.57. The molecule has 3 unspecified atom stereocenters. The van der Waals surface area contributed by atoms with E-state index in [0.717, 1.165) is 4.57 Å². The number of aliphatic hydroxyl groups is 3. The zero-order chi connectivity index (χ0) is 12.6. The van der Waals surface area contributed by atoms with E-state index in [1.165, 1.54) is 12.3 Å². The van der Waals surface area contributed by atoms with Gasteiger partial charge in [0.1, 0.15) is 24.1 Å². The number of rotatable bonds is 2. The Morgan fingerprint density at radius 1 is 1.47 bits per heavy atom. The van der Waals surface area contributed by atoms with Gasteiger partial charge in [-0.2, -0.15) is 4.98 Å². The van der Waals surface area contributed by atoms with E-state index in [-0.39, 0.29) is 5.82 Å². The van der Waals surface area contributed by atoms with Crippen LogP contribution >= 0.6 is 0 Å². The lowest BCUT2D eigenvalue weighted by Crippen LogP contribution is -2.36. The molecule has 0 spiro atoms. The molecule has 1 aliphatic heterocycles. The lowest BCUT2D eigenvalue weighted by atomic mass is 10.1. The Morgan fingerprint density at radius 2 is 2.18 bits per heavy atom. The zero-order valence-corrected chi connectivity index (χ0v) is 8.80. The van der Waals surface area contributed by atoms with Crippen molar-refractivity contribution in [1.82, 2.24) is 9.55 Å². The smallest absolute Gasteiger partial charge is 0.351 e. The predicted octanol–water partition coefficient (Wildman–Crippen LogP) is -2.56. The quantitative estimate of drug-likeness (QED) is 0.449. The molecule has 0 aliphatic carbocycles. The maximum Gasteiger partial charge on any atom is 0.351 e. The molecule has 0 bridgehead atoms. The fourth-order valence-corrected chi connectivity index (χ4v) is 1.73. The van der Waals surface area contributed by atoms with Crippen molar-refractivity contribution in [2.45, 2.75) is 24.5 Å². The number of anilines is 1. The molecule has 0 aromatic carbocycles. The van der Waals surface area contributed by atoms with Crippen LogP contribution in [-0.2, 0) is 4.74 Å². The first-order valence-electron chi connectivity index (χ1n) is 5.01. The van der Waals surface area contributed by atoms with Gasteiger partial charge in [0, 0.05) is 6.20 Å². The monoisotopic (exact) mass is 243 g/mol. The number of ether oxygens (including phenoxy) is 1. The molecule has 5 N–H and O–H groups in total. The molecule has 4 atom stereocenters. The van der Waals surface area contributed by atoms with E-state index in [9.17, 15) is 15.0 Å². The van der Waals surface area contributed by atoms with Gasteiger partial charge in [0.25, 0.3) is 0 Å². The van der Waals surface area contributed by atoms with E-state index in [1.54, 1.807) is 0 Å². The number of aromatic nitrogens is 2. The first kappa shape index (κ1) is 12.0. The van der Waals surface area contributed by atoms with Gasteiger partial charge < -0.3 is 25.8 Å². The van der Waals surface area contributed by atoms with Crippen LogP contribution in [0.5, 0.6) is 0 Å². The molecule has 1 aliphatic rings. The molecule has 1 aromatic heterocycles. The molecule has 8 heteroatoms. The van der Waals surface area contributed by atoms with E-state index >= 15 is 0 Å². The lowest BCUT2D eigenvalue weighted by Gasteiger charge is -2.16. The van der Waals surface area contributed by atoms with Gasteiger partial charge in [-0.15, -0.1) is 0 Å². The molecule has 8 nitrogen and oxygen atoms in total. The topological polar surface area (TPSA) is 131 Å². The summed E-state index contributed by atoms with van der Waals surface area (Å²) < 4.78 is 6.19. The number of nitrogens with zero attached hydrogens (tertiary/aromatic N) is 2. The summed E-state index contributed by atoms with van der Waals surface area (Å²) in [6.07, 6.45) is -3.27. The Bertz CT molecular complexity index is 462. The molecule has 1 fully saturated rings. The van der Waals surface area contributed by atoms with Crippen molar-refractivity contribution < 1.29 is 20.1 Å². The molecule has 0 radical (unpaired) electrons. The van der Waals surface area contributed by atoms with Crippen LogP contribution in [0.15, 0.2) is 17.1 Å². The zero-order valence-electron chi connectivity index (χ0n) is 8.80. The third-order valence-corrected chi connectivity index (χ3v) is 2.64. The predicted molar refractivity (Wildman–Crippen MR) is 55.9 cm³/mol. The van der Waals surface area contributed by atoms with E-state index in [2.05, 4.69) is 4.98 Å². The Hall–Kier alpha value is -1.48. The van der Waals surface area contributed by atoms with E-state index in [4.69, 9.17) is 15.6 Å². The van der Waals surface area contributed by atoms with Crippen LogP contribution < -0.4 is 11.4 Å². The number of hydrogen-bond donors (Lipinski definition) is 4. The number of nitrogen functional groups attached to an aromatic ring is 1. The Morgan fingerprint density at radius 3 is 2.71 bits per heavy atom. The molecule has 94 valence electrons. The van der Waals surface area contributed by atoms with Gasteiger partial charge in [0.15, 0.2) is 6.23 Å². The third kappa shape index (κ3) is 2.03. The maximum absolute atomic E-state index is 11.5. The van der Waals surface area contributed by atoms with Crippen molar-refractivity contribution in [2.75, 3.05) is 12.3 Å². The summed E-state index contributed by atoms with van der Waals surface area (Å²) in [4.78, 5) is 15.0. The minimum Gasteiger partial charge on any atom is -0.394 e. The molecular formula is C9H13N3O5. The highest BCUT2D eigenvalue weighted by atomic mass is 16.6. The van der Waals surface area contributed by atoms with Crippen LogP contribution in [0.2, 0.25) is 0 Å². The van der Waals surface area contributed by atoms with Gasteiger partial charge in [-0.3, -0.25) is 4.57 Å². The Labute approximate surface area is 95.9 Å². The van der Waals surface area contributed by atoms with Crippen molar-refractivity contribution in [2.24, 2.45) is 0 Å². The summed E-state index contributed by atoms with van der Waals surface area (Å²) in [5.74, 6) is 0.0537. The highest BCUT2D eigenvalue weighted by molar-refractivity contribution is 5.23. The molecular weight excluding hydrogens is 230 g/mol. The van der Waals surface area contributed by atoms with E-state index in [0.29, 0.717) is 0 Å². The van der Waals surface area contributed by atoms with Gasteiger partial charge in [0.05, 0.1) is 6.61 Å². The van der Waals surface area contributed by atoms with Crippen molar-refractivity contribution in [3.63, 3.8) is 0 Å². The molecule has 1 saturated heterocycles. The van der Waals surface area contributed by atoms with Gasteiger partial charge in [-0.25, -0.2) is 4.79 Å². The fraction of sp³-hybridized carbons (Fsp3) is 0.556. The second-order valence-corrected chi connectivity index (χ2v) is 3.77. The van der Waals surface area contributed by atoms with Crippen LogP contribution in [-0.4, -0.2) is 49.8 Å². The number of hydrogen-bond acceptors (Lipinski definition) is 7. The van der Waals surface area contributed by atoms with Crippen LogP contribution in [0.25, 0.3) is 0 Å². The van der Waals surface area contributed by atoms with Crippen LogP contribution in [0.3, 0.4) is 0 Å². The normalized spacial score (nSPS) is 32.9. The number of aliphatic hydroxyl groups excluding tert-OH is 3. The second-order valence-electron chi connectivity index (χ2n) is 3.77. The summed E-state index contributed by atoms with van der Waals surface area (Å²) in [7, 11) is 0. The summed E-state index contributed by atoms with van der Waals surface area (Å²) in [5.41, 5.74) is 4.63. The van der Waals surface area contributed by atoms with Crippen molar-refractivity contribution in [3.05, 3.63) is 22.7 Å². The summed E-state index contributed by atoms with van der Waals surface area (Å²) >= 11 is 0. The average molecular weight is 243 g/mol. The van der Waals surface area contributed by atoms with Crippen molar-refractivity contribution >= 4 is 5.82 Å². The van der Waals surface area contributed by atoms with Crippen molar-refractivity contribution in [3.8, 4) is 0 Å². The highest BCUT2D eigenvalue weighted by Gasteiger charge is 2.43. The first-order chi connectivity index (χ1) is 8.04. The molecule has 1 aromatic rings. The Balaban J connectivity index is 2.32. The first-order valence-corrected chi connectivity index (χ1v) is 5.01. The largest absolute Gasteiger partial charge is 0.394 e. The fourth-order valence-electron chi connectivity index (χ4n) is 1.73. The summed E-state index contributed by atoms with van der Waals surface area (Å²) in [5, 5.41) is 28.2. The highest BCUT2D eigenvalue weighted by Crippen LogP contribution is 2.27. The molecule has 2 heterocycles. The van der Waals surface area contributed by atoms with Gasteiger partial charge in [-0.1, -0.05) is 0 Å². The third-order valence-electron chi connectivity index (χ3n) is 2.64. The molecule has 0 amide bonds. The van der Waals surface area contributed by atoms with Crippen molar-refractivity contribution in [1.29, 1.82) is 0 Å². The van der Waals surface area contributed by atoms with Crippen LogP contribution in [0.4, 0.5) is 5.82 Å². The minimum atomic E-state index is -1.31. The number of nitrogens with two attached hydrogens (primary N) is 1. The summed E-state index contributed by atoms with van der Waals surface area (Å²) in [6, 6.07) is 1.37. The van der Waals surface area contributed by atoms with Gasteiger partial charge >= 0.3 is 5.69 Å². The van der Waals surface area contributed by atoms with E-state index < -0.39 is 36.8 Å². The SMILES string of the molecule is Nc1ccn([C@@H]2OC(CO)C(O)C2O)c(=O)n1. The molecule has 0 saturated carbocycles. The van der Waals surface area contributed by atoms with Crippen LogP contribution in [0, 0.1) is 0 Å². The second kappa shape index (κ2) is 4.41. The molecule has 17 heavy (non-hydrogen) atoms.